The van der Waals surface area contributed by atoms with Crippen LogP contribution in [0.25, 0.3) is 0 Å². The zero-order valence-electron chi connectivity index (χ0n) is 6.01. The summed E-state index contributed by atoms with van der Waals surface area (Å²) in [5.41, 5.74) is 5.05. The quantitative estimate of drug-likeness (QED) is 0.455. The van der Waals surface area contributed by atoms with E-state index in [1.807, 2.05) is 0 Å². The lowest BCUT2D eigenvalue weighted by Gasteiger charge is -1.93. The normalized spacial score (nSPS) is 11.0. The minimum atomic E-state index is 0.0768. The molecule has 0 atom stereocenters. The van der Waals surface area contributed by atoms with Gasteiger partial charge >= 0.3 is 0 Å². The van der Waals surface area contributed by atoms with E-state index in [2.05, 4.69) is 10.1 Å². The van der Waals surface area contributed by atoms with E-state index in [4.69, 9.17) is 10.8 Å². The molecule has 1 aromatic rings. The second kappa shape index (κ2) is 3.72. The number of hydrogen-bond acceptors (Lipinski definition) is 3. The third kappa shape index (κ3) is 2.05. The Balaban J connectivity index is 2.65. The lowest BCUT2D eigenvalue weighted by atomic mass is 10.6. The first-order valence-electron chi connectivity index (χ1n) is 3.25. The van der Waals surface area contributed by atoms with E-state index in [-0.39, 0.29) is 6.61 Å². The van der Waals surface area contributed by atoms with Crippen molar-refractivity contribution in [3.63, 3.8) is 0 Å². The van der Waals surface area contributed by atoms with Crippen molar-refractivity contribution < 1.29 is 5.11 Å². The van der Waals surface area contributed by atoms with Crippen molar-refractivity contribution in [1.82, 2.24) is 9.78 Å². The van der Waals surface area contributed by atoms with Gasteiger partial charge in [-0.15, -0.1) is 0 Å². The van der Waals surface area contributed by atoms with E-state index in [0.29, 0.717) is 12.4 Å². The Labute approximate surface area is 64.2 Å². The predicted molar refractivity (Wildman–Crippen MR) is 41.7 cm³/mol. The molecule has 0 bridgehead atoms. The summed E-state index contributed by atoms with van der Waals surface area (Å²) in [4.78, 5) is 3.75. The monoisotopic (exact) mass is 154 g/mol. The molecule has 3 N–H and O–H groups in total. The van der Waals surface area contributed by atoms with Crippen molar-refractivity contribution in [3.05, 3.63) is 12.3 Å². The highest BCUT2D eigenvalue weighted by Crippen LogP contribution is 2.04. The Morgan fingerprint density at radius 3 is 3.27 bits per heavy atom. The van der Waals surface area contributed by atoms with Crippen LogP contribution in [-0.4, -0.2) is 27.8 Å². The summed E-state index contributed by atoms with van der Waals surface area (Å²) in [6.07, 6.45) is 2.92. The fourth-order valence-electron chi connectivity index (χ4n) is 0.723. The van der Waals surface area contributed by atoms with Crippen molar-refractivity contribution in [1.29, 1.82) is 0 Å². The second-order valence-corrected chi connectivity index (χ2v) is 1.94. The highest BCUT2D eigenvalue weighted by Gasteiger charge is 1.93. The maximum atomic E-state index is 8.53. The number of aliphatic hydroxyl groups is 1. The maximum Gasteiger partial charge on any atom is 0.175 e. The van der Waals surface area contributed by atoms with Gasteiger partial charge in [-0.1, -0.05) is 0 Å². The summed E-state index contributed by atoms with van der Waals surface area (Å²) in [6, 6.07) is 1.72. The molecule has 0 amide bonds. The fourth-order valence-corrected chi connectivity index (χ4v) is 0.723. The lowest BCUT2D eigenvalue weighted by molar-refractivity contribution is 0.269. The fraction of sp³-hybridized carbons (Fsp3) is 0.333. The van der Waals surface area contributed by atoms with Crippen molar-refractivity contribution in [2.45, 2.75) is 6.54 Å². The Kier molecular flexibility index (Phi) is 2.62. The van der Waals surface area contributed by atoms with Crippen LogP contribution in [0.15, 0.2) is 17.3 Å². The summed E-state index contributed by atoms with van der Waals surface area (Å²) < 4.78 is 1.60. The highest BCUT2D eigenvalue weighted by atomic mass is 16.3. The molecule has 0 saturated carbocycles. The number of aliphatic hydroxyl groups excluding tert-OH is 1. The molecule has 11 heavy (non-hydrogen) atoms. The molecule has 0 spiro atoms. The molecule has 5 heteroatoms. The third-order valence-electron chi connectivity index (χ3n) is 1.16. The minimum absolute atomic E-state index is 0.0768. The molecule has 60 valence electrons. The Hall–Kier alpha value is -1.36. The van der Waals surface area contributed by atoms with E-state index in [1.165, 1.54) is 6.34 Å². The first-order chi connectivity index (χ1) is 5.36. The maximum absolute atomic E-state index is 8.53. The van der Waals surface area contributed by atoms with Crippen LogP contribution in [0.4, 0.5) is 5.82 Å². The molecule has 0 fully saturated rings. The molecule has 0 aromatic carbocycles. The van der Waals surface area contributed by atoms with E-state index in [1.54, 1.807) is 16.9 Å². The molecule has 5 nitrogen and oxygen atoms in total. The average Bonchev–Trinajstić information content (AvgIpc) is 2.38. The molecule has 0 aliphatic carbocycles. The van der Waals surface area contributed by atoms with Crippen molar-refractivity contribution in [2.75, 3.05) is 6.61 Å². The van der Waals surface area contributed by atoms with Gasteiger partial charge in [-0.2, -0.15) is 5.10 Å². The Morgan fingerprint density at radius 2 is 2.64 bits per heavy atom. The van der Waals surface area contributed by atoms with Gasteiger partial charge in [0.1, 0.15) is 0 Å². The zero-order valence-corrected chi connectivity index (χ0v) is 6.01. The molecule has 1 rings (SSSR count). The van der Waals surface area contributed by atoms with Gasteiger partial charge in [0.05, 0.1) is 19.5 Å². The van der Waals surface area contributed by atoms with E-state index < -0.39 is 0 Å². The Morgan fingerprint density at radius 1 is 1.82 bits per heavy atom. The van der Waals surface area contributed by atoms with Gasteiger partial charge in [-0.05, 0) is 0 Å². The molecule has 0 unspecified atom stereocenters. The number of rotatable bonds is 3. The third-order valence-corrected chi connectivity index (χ3v) is 1.16. The number of aromatic nitrogens is 2. The van der Waals surface area contributed by atoms with Crippen LogP contribution in [0, 0.1) is 0 Å². The summed E-state index contributed by atoms with van der Waals surface area (Å²) in [7, 11) is 0. The summed E-state index contributed by atoms with van der Waals surface area (Å²) in [5, 5.41) is 12.5. The summed E-state index contributed by atoms with van der Waals surface area (Å²) in [5.74, 6) is 0.556. The molecular weight excluding hydrogens is 144 g/mol. The molecule has 1 heterocycles. The van der Waals surface area contributed by atoms with Crippen LogP contribution in [0.1, 0.15) is 0 Å². The van der Waals surface area contributed by atoms with Crippen LogP contribution < -0.4 is 5.73 Å². The van der Waals surface area contributed by atoms with Crippen LogP contribution in [-0.2, 0) is 6.54 Å². The van der Waals surface area contributed by atoms with Crippen LogP contribution >= 0.6 is 0 Å². The van der Waals surface area contributed by atoms with Gasteiger partial charge in [-0.3, -0.25) is 4.68 Å². The van der Waals surface area contributed by atoms with E-state index in [9.17, 15) is 0 Å². The molecule has 0 saturated heterocycles. The standard InChI is InChI=1S/C6H10N4O/c7-5-8-6-1-2-10(9-6)3-4-11/h1-2,5,11H,3-4H2,(H2,7,8,9). The predicted octanol–water partition coefficient (Wildman–Crippen LogP) is -0.506. The highest BCUT2D eigenvalue weighted by molar-refractivity contribution is 5.56. The molecule has 0 aliphatic rings. The van der Waals surface area contributed by atoms with Crippen LogP contribution in [0.5, 0.6) is 0 Å². The summed E-state index contributed by atoms with van der Waals surface area (Å²) in [6.45, 7) is 0.563. The van der Waals surface area contributed by atoms with E-state index >= 15 is 0 Å². The number of hydrogen-bond donors (Lipinski definition) is 2. The molecule has 1 aromatic heterocycles. The Bertz CT molecular complexity index is 242. The van der Waals surface area contributed by atoms with Gasteiger partial charge < -0.3 is 10.8 Å². The zero-order chi connectivity index (χ0) is 8.10. The molecular formula is C6H10N4O. The minimum Gasteiger partial charge on any atom is -0.394 e. The van der Waals surface area contributed by atoms with Crippen molar-refractivity contribution in [3.8, 4) is 0 Å². The summed E-state index contributed by atoms with van der Waals surface area (Å²) >= 11 is 0. The van der Waals surface area contributed by atoms with Crippen LogP contribution in [0.2, 0.25) is 0 Å². The van der Waals surface area contributed by atoms with Gasteiger partial charge in [0.25, 0.3) is 0 Å². The van der Waals surface area contributed by atoms with Gasteiger partial charge in [0.15, 0.2) is 5.82 Å². The number of aliphatic imine (C=N–C) groups is 1. The van der Waals surface area contributed by atoms with Crippen LogP contribution in [0.3, 0.4) is 0 Å². The molecule has 0 radical (unpaired) electrons. The lowest BCUT2D eigenvalue weighted by Crippen LogP contribution is -2.01. The second-order valence-electron chi connectivity index (χ2n) is 1.94. The molecule has 0 aliphatic heterocycles. The first-order valence-corrected chi connectivity index (χ1v) is 3.25. The van der Waals surface area contributed by atoms with Gasteiger partial charge in [-0.25, -0.2) is 4.99 Å². The average molecular weight is 154 g/mol. The largest absolute Gasteiger partial charge is 0.394 e. The topological polar surface area (TPSA) is 76.4 Å². The van der Waals surface area contributed by atoms with Gasteiger partial charge in [0, 0.05) is 12.3 Å². The van der Waals surface area contributed by atoms with Crippen molar-refractivity contribution >= 4 is 12.2 Å². The number of nitrogens with zero attached hydrogens (tertiary/aromatic N) is 3. The van der Waals surface area contributed by atoms with Gasteiger partial charge in [0.2, 0.25) is 0 Å². The van der Waals surface area contributed by atoms with Crippen molar-refractivity contribution in [2.24, 2.45) is 10.7 Å². The van der Waals surface area contributed by atoms with E-state index in [0.717, 1.165) is 0 Å². The number of nitrogens with two attached hydrogens (primary N) is 1. The smallest absolute Gasteiger partial charge is 0.175 e. The first kappa shape index (κ1) is 7.74. The SMILES string of the molecule is NC=Nc1ccn(CCO)n1.